The van der Waals surface area contributed by atoms with Crippen LogP contribution in [-0.2, 0) is 11.3 Å². The molecule has 0 aliphatic carbocycles. The number of hydrogen-bond acceptors (Lipinski definition) is 4. The van der Waals surface area contributed by atoms with Gasteiger partial charge in [-0.2, -0.15) is 0 Å². The van der Waals surface area contributed by atoms with E-state index in [1.165, 1.54) is 0 Å². The molecule has 0 amide bonds. The Kier molecular flexibility index (Phi) is 4.16. The monoisotopic (exact) mass is 286 g/mol. The zero-order chi connectivity index (χ0) is 14.5. The molecule has 110 valence electrons. The number of rotatable bonds is 3. The lowest BCUT2D eigenvalue weighted by molar-refractivity contribution is 0.0674. The minimum atomic E-state index is 0.392. The first-order chi connectivity index (χ1) is 10.3. The lowest BCUT2D eigenvalue weighted by atomic mass is 10.1. The second-order valence-corrected chi connectivity index (χ2v) is 4.82. The predicted octanol–water partition coefficient (Wildman–Crippen LogP) is 1.49. The first kappa shape index (κ1) is 13.6. The smallest absolute Gasteiger partial charge is 0.191 e. The van der Waals surface area contributed by atoms with Crippen LogP contribution in [0.2, 0.25) is 0 Å². The number of nitrogens with zero attached hydrogens (tertiary/aromatic N) is 3. The molecule has 0 bridgehead atoms. The maximum atomic E-state index is 5.97. The normalized spacial score (nSPS) is 16.2. The van der Waals surface area contributed by atoms with Crippen molar-refractivity contribution in [2.75, 3.05) is 26.3 Å². The van der Waals surface area contributed by atoms with Gasteiger partial charge in [0.25, 0.3) is 0 Å². The number of benzene rings is 1. The number of guanidine groups is 1. The van der Waals surface area contributed by atoms with E-state index in [1.54, 1.807) is 0 Å². The van der Waals surface area contributed by atoms with Gasteiger partial charge in [-0.3, -0.25) is 0 Å². The standard InChI is InChI=1S/C15H18N4O2/c16-15(19-6-8-20-9-7-19)17-11-13-10-14(18-21-13)12-4-2-1-3-5-12/h1-5,10H,6-9,11H2,(H2,16,17). The van der Waals surface area contributed by atoms with Crippen LogP contribution in [0.3, 0.4) is 0 Å². The second kappa shape index (κ2) is 6.41. The van der Waals surface area contributed by atoms with Crippen LogP contribution in [0.15, 0.2) is 45.9 Å². The summed E-state index contributed by atoms with van der Waals surface area (Å²) in [6.45, 7) is 3.33. The Labute approximate surface area is 123 Å². The summed E-state index contributed by atoms with van der Waals surface area (Å²) < 4.78 is 10.6. The number of hydrogen-bond donors (Lipinski definition) is 1. The molecule has 1 saturated heterocycles. The third kappa shape index (κ3) is 3.41. The van der Waals surface area contributed by atoms with Gasteiger partial charge >= 0.3 is 0 Å². The summed E-state index contributed by atoms with van der Waals surface area (Å²) in [7, 11) is 0. The molecule has 0 radical (unpaired) electrons. The first-order valence-electron chi connectivity index (χ1n) is 6.96. The van der Waals surface area contributed by atoms with Gasteiger partial charge in [0, 0.05) is 24.7 Å². The van der Waals surface area contributed by atoms with Gasteiger partial charge in [-0.05, 0) is 0 Å². The van der Waals surface area contributed by atoms with Gasteiger partial charge in [-0.15, -0.1) is 0 Å². The molecular formula is C15H18N4O2. The summed E-state index contributed by atoms with van der Waals surface area (Å²) in [4.78, 5) is 6.37. The molecule has 6 heteroatoms. The van der Waals surface area contributed by atoms with Crippen LogP contribution in [0, 0.1) is 0 Å². The fourth-order valence-corrected chi connectivity index (χ4v) is 2.18. The zero-order valence-electron chi connectivity index (χ0n) is 11.7. The first-order valence-corrected chi connectivity index (χ1v) is 6.96. The van der Waals surface area contributed by atoms with Crippen LogP contribution in [0.1, 0.15) is 5.76 Å². The number of morpholine rings is 1. The van der Waals surface area contributed by atoms with E-state index in [1.807, 2.05) is 41.3 Å². The van der Waals surface area contributed by atoms with Crippen molar-refractivity contribution >= 4 is 5.96 Å². The lowest BCUT2D eigenvalue weighted by Gasteiger charge is -2.27. The maximum Gasteiger partial charge on any atom is 0.191 e. The average Bonchev–Trinajstić information content (AvgIpc) is 3.03. The van der Waals surface area contributed by atoms with Gasteiger partial charge in [-0.25, -0.2) is 4.99 Å². The third-order valence-corrected chi connectivity index (χ3v) is 3.36. The summed E-state index contributed by atoms with van der Waals surface area (Å²) >= 11 is 0. The van der Waals surface area contributed by atoms with Crippen LogP contribution in [-0.4, -0.2) is 42.3 Å². The lowest BCUT2D eigenvalue weighted by Crippen LogP contribution is -2.44. The van der Waals surface area contributed by atoms with Crippen molar-refractivity contribution in [2.45, 2.75) is 6.54 Å². The SMILES string of the molecule is NC(=NCc1cc(-c2ccccc2)no1)N1CCOCC1. The van der Waals surface area contributed by atoms with Crippen molar-refractivity contribution in [3.8, 4) is 11.3 Å². The summed E-state index contributed by atoms with van der Waals surface area (Å²) in [5.74, 6) is 1.22. The molecule has 0 spiro atoms. The van der Waals surface area contributed by atoms with E-state index in [0.29, 0.717) is 31.5 Å². The van der Waals surface area contributed by atoms with Gasteiger partial charge in [-0.1, -0.05) is 35.5 Å². The van der Waals surface area contributed by atoms with E-state index in [0.717, 1.165) is 24.3 Å². The van der Waals surface area contributed by atoms with Gasteiger partial charge in [0.1, 0.15) is 12.2 Å². The van der Waals surface area contributed by atoms with Gasteiger partial charge in [0.2, 0.25) is 0 Å². The van der Waals surface area contributed by atoms with Crippen LogP contribution in [0.5, 0.6) is 0 Å². The topological polar surface area (TPSA) is 76.9 Å². The minimum Gasteiger partial charge on any atom is -0.378 e. The van der Waals surface area contributed by atoms with E-state index in [2.05, 4.69) is 10.1 Å². The molecule has 3 rings (SSSR count). The quantitative estimate of drug-likeness (QED) is 0.683. The minimum absolute atomic E-state index is 0.392. The number of aromatic nitrogens is 1. The zero-order valence-corrected chi connectivity index (χ0v) is 11.7. The largest absolute Gasteiger partial charge is 0.378 e. The Morgan fingerprint density at radius 2 is 2.00 bits per heavy atom. The number of aliphatic imine (C=N–C) groups is 1. The van der Waals surface area contributed by atoms with Crippen molar-refractivity contribution in [3.05, 3.63) is 42.2 Å². The van der Waals surface area contributed by atoms with E-state index in [-0.39, 0.29) is 0 Å². The highest BCUT2D eigenvalue weighted by molar-refractivity contribution is 5.78. The molecule has 0 unspecified atom stereocenters. The molecule has 21 heavy (non-hydrogen) atoms. The van der Waals surface area contributed by atoms with E-state index in [4.69, 9.17) is 15.0 Å². The maximum absolute atomic E-state index is 5.97. The van der Waals surface area contributed by atoms with Crippen molar-refractivity contribution in [3.63, 3.8) is 0 Å². The van der Waals surface area contributed by atoms with Crippen molar-refractivity contribution in [1.82, 2.24) is 10.1 Å². The van der Waals surface area contributed by atoms with Crippen LogP contribution >= 0.6 is 0 Å². The highest BCUT2D eigenvalue weighted by atomic mass is 16.5. The molecule has 2 heterocycles. The molecule has 1 fully saturated rings. The molecule has 0 saturated carbocycles. The van der Waals surface area contributed by atoms with Gasteiger partial charge in [0.15, 0.2) is 11.7 Å². The Balaban J connectivity index is 1.64. The molecule has 0 atom stereocenters. The van der Waals surface area contributed by atoms with Gasteiger partial charge in [0.05, 0.1) is 13.2 Å². The molecule has 2 aromatic rings. The number of ether oxygens (including phenoxy) is 1. The van der Waals surface area contributed by atoms with Gasteiger partial charge < -0.3 is 19.9 Å². The fourth-order valence-electron chi connectivity index (χ4n) is 2.18. The second-order valence-electron chi connectivity index (χ2n) is 4.82. The molecule has 2 N–H and O–H groups in total. The highest BCUT2D eigenvalue weighted by Gasteiger charge is 2.12. The molecule has 6 nitrogen and oxygen atoms in total. The molecule has 1 aliphatic heterocycles. The molecule has 1 aromatic carbocycles. The summed E-state index contributed by atoms with van der Waals surface area (Å²) in [5, 5.41) is 4.06. The Morgan fingerprint density at radius 3 is 2.76 bits per heavy atom. The van der Waals surface area contributed by atoms with Crippen molar-refractivity contribution in [1.29, 1.82) is 0 Å². The van der Waals surface area contributed by atoms with E-state index < -0.39 is 0 Å². The predicted molar refractivity (Wildman–Crippen MR) is 79.7 cm³/mol. The summed E-state index contributed by atoms with van der Waals surface area (Å²) in [5.41, 5.74) is 7.81. The van der Waals surface area contributed by atoms with Crippen molar-refractivity contribution < 1.29 is 9.26 Å². The fraction of sp³-hybridized carbons (Fsp3) is 0.333. The van der Waals surface area contributed by atoms with E-state index >= 15 is 0 Å². The Morgan fingerprint density at radius 1 is 1.24 bits per heavy atom. The molecule has 1 aromatic heterocycles. The summed E-state index contributed by atoms with van der Waals surface area (Å²) in [6.07, 6.45) is 0. The highest BCUT2D eigenvalue weighted by Crippen LogP contribution is 2.18. The number of nitrogens with two attached hydrogens (primary N) is 1. The van der Waals surface area contributed by atoms with Crippen LogP contribution in [0.4, 0.5) is 0 Å². The van der Waals surface area contributed by atoms with Crippen molar-refractivity contribution in [2.24, 2.45) is 10.7 Å². The summed E-state index contributed by atoms with van der Waals surface area (Å²) in [6, 6.07) is 11.8. The third-order valence-electron chi connectivity index (χ3n) is 3.36. The Bertz CT molecular complexity index is 603. The van der Waals surface area contributed by atoms with Crippen LogP contribution < -0.4 is 5.73 Å². The average molecular weight is 286 g/mol. The van der Waals surface area contributed by atoms with E-state index in [9.17, 15) is 0 Å². The molecular weight excluding hydrogens is 268 g/mol. The van der Waals surface area contributed by atoms with Crippen LogP contribution in [0.25, 0.3) is 11.3 Å². The molecule has 1 aliphatic rings. The Hall–Kier alpha value is -2.34.